The summed E-state index contributed by atoms with van der Waals surface area (Å²) in [5.41, 5.74) is 1.31. The van der Waals surface area contributed by atoms with Crippen molar-refractivity contribution in [1.82, 2.24) is 0 Å². The molecule has 1 aliphatic rings. The molecule has 11 heavy (non-hydrogen) atoms. The summed E-state index contributed by atoms with van der Waals surface area (Å²) in [5, 5.41) is 0. The van der Waals surface area contributed by atoms with Crippen molar-refractivity contribution in [2.24, 2.45) is 0 Å². The van der Waals surface area contributed by atoms with E-state index in [2.05, 4.69) is 18.7 Å². The highest BCUT2D eigenvalue weighted by atomic mass is 14.0. The Bertz CT molecular complexity index is 142. The highest BCUT2D eigenvalue weighted by Gasteiger charge is 1.94. The fourth-order valence-electron chi connectivity index (χ4n) is 1.48. The first-order valence-corrected chi connectivity index (χ1v) is 4.74. The van der Waals surface area contributed by atoms with Crippen LogP contribution in [0.1, 0.15) is 44.9 Å². The van der Waals surface area contributed by atoms with Crippen LogP contribution < -0.4 is 0 Å². The molecule has 0 heteroatoms. The van der Waals surface area contributed by atoms with Gasteiger partial charge in [-0.25, -0.2) is 0 Å². The Labute approximate surface area is 70.0 Å². The molecule has 0 aliphatic heterocycles. The van der Waals surface area contributed by atoms with Crippen molar-refractivity contribution >= 4 is 0 Å². The lowest BCUT2D eigenvalue weighted by Crippen LogP contribution is -1.84. The second-order valence-electron chi connectivity index (χ2n) is 3.37. The van der Waals surface area contributed by atoms with Crippen LogP contribution in [0.15, 0.2) is 24.3 Å². The first-order valence-electron chi connectivity index (χ1n) is 4.74. The topological polar surface area (TPSA) is 0 Å². The monoisotopic (exact) mass is 150 g/mol. The molecule has 0 saturated carbocycles. The molecule has 0 fully saturated rings. The van der Waals surface area contributed by atoms with E-state index in [4.69, 9.17) is 0 Å². The molecular weight excluding hydrogens is 132 g/mol. The zero-order chi connectivity index (χ0) is 7.94. The maximum Gasteiger partial charge on any atom is -0.0285 e. The molecule has 0 saturated heterocycles. The van der Waals surface area contributed by atoms with Gasteiger partial charge in [0, 0.05) is 0 Å². The lowest BCUT2D eigenvalue weighted by Gasteiger charge is -2.03. The minimum atomic E-state index is 1.20. The molecule has 0 amide bonds. The summed E-state index contributed by atoms with van der Waals surface area (Å²) in [6.07, 6.45) is 13.9. The molecule has 62 valence electrons. The number of hydrogen-bond acceptors (Lipinski definition) is 0. The van der Waals surface area contributed by atoms with E-state index in [9.17, 15) is 0 Å². The third-order valence-electron chi connectivity index (χ3n) is 2.22. The minimum Gasteiger partial charge on any atom is -0.0958 e. The first kappa shape index (κ1) is 8.58. The molecule has 0 heterocycles. The van der Waals surface area contributed by atoms with Gasteiger partial charge in [0.05, 0.1) is 0 Å². The Morgan fingerprint density at radius 3 is 2.64 bits per heavy atom. The Morgan fingerprint density at radius 1 is 1.00 bits per heavy atom. The van der Waals surface area contributed by atoms with Gasteiger partial charge >= 0.3 is 0 Å². The van der Waals surface area contributed by atoms with E-state index in [1.165, 1.54) is 50.5 Å². The van der Waals surface area contributed by atoms with Gasteiger partial charge in [0.15, 0.2) is 0 Å². The van der Waals surface area contributed by atoms with E-state index in [0.29, 0.717) is 0 Å². The zero-order valence-corrected chi connectivity index (χ0v) is 7.31. The molecule has 0 aromatic carbocycles. The predicted octanol–water partition coefficient (Wildman–Crippen LogP) is 3.84. The molecule has 0 nitrogen and oxygen atoms in total. The lowest BCUT2D eigenvalue weighted by atomic mass is 10.0. The van der Waals surface area contributed by atoms with Gasteiger partial charge < -0.3 is 0 Å². The minimum absolute atomic E-state index is 1.20. The molecule has 0 radical (unpaired) electrons. The quantitative estimate of drug-likeness (QED) is 0.492. The van der Waals surface area contributed by atoms with Gasteiger partial charge in [0.25, 0.3) is 0 Å². The molecule has 0 spiro atoms. The molecular formula is C11H18. The highest BCUT2D eigenvalue weighted by Crippen LogP contribution is 2.14. The van der Waals surface area contributed by atoms with Gasteiger partial charge in [-0.2, -0.15) is 0 Å². The fraction of sp³-hybridized carbons (Fsp3) is 0.636. The summed E-state index contributed by atoms with van der Waals surface area (Å²) in [6, 6.07) is 0. The number of rotatable bonds is 0. The molecule has 0 aromatic heterocycles. The summed E-state index contributed by atoms with van der Waals surface area (Å²) in [5.74, 6) is 0. The highest BCUT2D eigenvalue weighted by molar-refractivity contribution is 5.13. The van der Waals surface area contributed by atoms with Crippen LogP contribution in [0.3, 0.4) is 0 Å². The number of allylic oxidation sites excluding steroid dienone is 3. The Kier molecular flexibility index (Phi) is 4.03. The van der Waals surface area contributed by atoms with E-state index >= 15 is 0 Å². The second kappa shape index (κ2) is 5.17. The number of hydrogen-bond donors (Lipinski definition) is 0. The van der Waals surface area contributed by atoms with E-state index in [-0.39, 0.29) is 0 Å². The van der Waals surface area contributed by atoms with Crippen LogP contribution in [0.4, 0.5) is 0 Å². The van der Waals surface area contributed by atoms with Crippen molar-refractivity contribution in [3.8, 4) is 0 Å². The van der Waals surface area contributed by atoms with Gasteiger partial charge in [-0.1, -0.05) is 43.6 Å². The summed E-state index contributed by atoms with van der Waals surface area (Å²) in [6.45, 7) is 4.00. The van der Waals surface area contributed by atoms with Crippen molar-refractivity contribution in [3.05, 3.63) is 24.3 Å². The first-order chi connectivity index (χ1) is 5.39. The van der Waals surface area contributed by atoms with E-state index in [1.54, 1.807) is 0 Å². The summed E-state index contributed by atoms with van der Waals surface area (Å²) in [4.78, 5) is 0. The van der Waals surface area contributed by atoms with E-state index in [1.807, 2.05) is 0 Å². The van der Waals surface area contributed by atoms with Crippen LogP contribution in [0.2, 0.25) is 0 Å². The van der Waals surface area contributed by atoms with Crippen LogP contribution in [0.5, 0.6) is 0 Å². The Balaban J connectivity index is 2.32. The summed E-state index contributed by atoms with van der Waals surface area (Å²) >= 11 is 0. The molecule has 0 bridgehead atoms. The van der Waals surface area contributed by atoms with Crippen LogP contribution in [0, 0.1) is 0 Å². The van der Waals surface area contributed by atoms with Gasteiger partial charge in [-0.15, -0.1) is 0 Å². The van der Waals surface area contributed by atoms with E-state index in [0.717, 1.165) is 0 Å². The van der Waals surface area contributed by atoms with Gasteiger partial charge in [-0.3, -0.25) is 0 Å². The molecule has 0 aromatic rings. The van der Waals surface area contributed by atoms with Gasteiger partial charge in [0.1, 0.15) is 0 Å². The molecule has 0 unspecified atom stereocenters. The molecule has 1 aliphatic carbocycles. The predicted molar refractivity (Wildman–Crippen MR) is 50.6 cm³/mol. The maximum absolute atomic E-state index is 4.00. The Hall–Kier alpha value is -0.520. The van der Waals surface area contributed by atoms with Gasteiger partial charge in [0.2, 0.25) is 0 Å². The average molecular weight is 150 g/mol. The van der Waals surface area contributed by atoms with Crippen molar-refractivity contribution in [1.29, 1.82) is 0 Å². The SMILES string of the molecule is C=C1/C=C\CCCCCCC1. The fourth-order valence-corrected chi connectivity index (χ4v) is 1.48. The maximum atomic E-state index is 4.00. The van der Waals surface area contributed by atoms with E-state index < -0.39 is 0 Å². The largest absolute Gasteiger partial charge is 0.0958 e. The standard InChI is InChI=1S/C11H18/c1-11-9-7-5-3-2-4-6-8-10-11/h7,9H,1-6,8,10H2/b9-7-. The van der Waals surface area contributed by atoms with Crippen molar-refractivity contribution < 1.29 is 0 Å². The van der Waals surface area contributed by atoms with Crippen LogP contribution in [-0.4, -0.2) is 0 Å². The molecule has 0 atom stereocenters. The van der Waals surface area contributed by atoms with Crippen LogP contribution in [0.25, 0.3) is 0 Å². The normalized spacial score (nSPS) is 24.5. The Morgan fingerprint density at radius 2 is 1.73 bits per heavy atom. The molecule has 1 rings (SSSR count). The van der Waals surface area contributed by atoms with Crippen molar-refractivity contribution in [2.45, 2.75) is 44.9 Å². The third kappa shape index (κ3) is 4.02. The van der Waals surface area contributed by atoms with Crippen LogP contribution >= 0.6 is 0 Å². The van der Waals surface area contributed by atoms with Crippen molar-refractivity contribution in [2.75, 3.05) is 0 Å². The summed E-state index contributed by atoms with van der Waals surface area (Å²) < 4.78 is 0. The van der Waals surface area contributed by atoms with Crippen LogP contribution in [-0.2, 0) is 0 Å². The van der Waals surface area contributed by atoms with Gasteiger partial charge in [-0.05, 0) is 25.7 Å². The molecule has 0 N–H and O–H groups in total. The average Bonchev–Trinajstić information content (AvgIpc) is 2.03. The zero-order valence-electron chi connectivity index (χ0n) is 7.31. The third-order valence-corrected chi connectivity index (χ3v) is 2.22. The smallest absolute Gasteiger partial charge is 0.0285 e. The second-order valence-corrected chi connectivity index (χ2v) is 3.37. The summed E-state index contributed by atoms with van der Waals surface area (Å²) in [7, 11) is 0. The lowest BCUT2D eigenvalue weighted by molar-refractivity contribution is 0.614. The van der Waals surface area contributed by atoms with Crippen molar-refractivity contribution in [3.63, 3.8) is 0 Å².